The van der Waals surface area contributed by atoms with Crippen molar-refractivity contribution in [1.29, 1.82) is 0 Å². The van der Waals surface area contributed by atoms with Crippen molar-refractivity contribution in [2.75, 3.05) is 19.0 Å². The number of hydrogen-bond acceptors (Lipinski definition) is 5. The molecule has 0 saturated heterocycles. The van der Waals surface area contributed by atoms with Crippen molar-refractivity contribution in [1.82, 2.24) is 15.0 Å². The third kappa shape index (κ3) is 3.63. The Morgan fingerprint density at radius 3 is 2.85 bits per heavy atom. The minimum absolute atomic E-state index is 0.467. The molecule has 0 aliphatic heterocycles. The van der Waals surface area contributed by atoms with Crippen LogP contribution in [0.5, 0.6) is 0 Å². The molecule has 0 spiro atoms. The maximum Gasteiger partial charge on any atom is 0.163 e. The Morgan fingerprint density at radius 1 is 1.35 bits per heavy atom. The maximum atomic E-state index is 5.22. The van der Waals surface area contributed by atoms with E-state index >= 15 is 0 Å². The highest BCUT2D eigenvalue weighted by molar-refractivity contribution is 14.1. The predicted molar refractivity (Wildman–Crippen MR) is 87.5 cm³/mol. The fraction of sp³-hybridized carbons (Fsp3) is 0.357. The lowest BCUT2D eigenvalue weighted by Gasteiger charge is -2.12. The van der Waals surface area contributed by atoms with Crippen molar-refractivity contribution >= 4 is 28.4 Å². The molecule has 0 aliphatic carbocycles. The molecule has 0 radical (unpaired) electrons. The zero-order valence-corrected chi connectivity index (χ0v) is 13.7. The Balaban J connectivity index is 2.44. The predicted octanol–water partition coefficient (Wildman–Crippen LogP) is 3.11. The van der Waals surface area contributed by atoms with Crippen LogP contribution in [0.3, 0.4) is 0 Å². The Labute approximate surface area is 132 Å². The third-order valence-electron chi connectivity index (χ3n) is 2.66. The van der Waals surface area contributed by atoms with Gasteiger partial charge < -0.3 is 10.1 Å². The summed E-state index contributed by atoms with van der Waals surface area (Å²) in [5.41, 5.74) is 1.79. The van der Waals surface area contributed by atoms with Crippen LogP contribution in [-0.4, -0.2) is 28.6 Å². The van der Waals surface area contributed by atoms with Gasteiger partial charge in [-0.3, -0.25) is 4.98 Å². The van der Waals surface area contributed by atoms with E-state index in [0.29, 0.717) is 12.4 Å². The Bertz CT molecular complexity index is 563. The van der Waals surface area contributed by atoms with Crippen molar-refractivity contribution in [3.05, 3.63) is 33.8 Å². The summed E-state index contributed by atoms with van der Waals surface area (Å²) in [7, 11) is 1.67. The molecule has 0 aliphatic rings. The van der Waals surface area contributed by atoms with Crippen molar-refractivity contribution < 1.29 is 4.74 Å². The van der Waals surface area contributed by atoms with Crippen LogP contribution in [0, 0.1) is 3.57 Å². The van der Waals surface area contributed by atoms with Crippen LogP contribution in [0.4, 0.5) is 5.82 Å². The highest BCUT2D eigenvalue weighted by Gasteiger charge is 2.13. The van der Waals surface area contributed by atoms with Crippen LogP contribution < -0.4 is 5.32 Å². The van der Waals surface area contributed by atoms with Gasteiger partial charge in [0.05, 0.1) is 15.9 Å². The van der Waals surface area contributed by atoms with Gasteiger partial charge in [0, 0.05) is 31.6 Å². The van der Waals surface area contributed by atoms with E-state index in [0.717, 1.165) is 33.6 Å². The first kappa shape index (κ1) is 15.1. The fourth-order valence-corrected chi connectivity index (χ4v) is 2.30. The molecule has 2 aromatic rings. The van der Waals surface area contributed by atoms with Gasteiger partial charge in [0.1, 0.15) is 5.82 Å². The molecule has 20 heavy (non-hydrogen) atoms. The maximum absolute atomic E-state index is 5.22. The summed E-state index contributed by atoms with van der Waals surface area (Å²) in [6, 6.07) is 3.83. The second-order valence-corrected chi connectivity index (χ2v) is 5.34. The number of rotatable bonds is 6. The Morgan fingerprint density at radius 2 is 2.20 bits per heavy atom. The van der Waals surface area contributed by atoms with Gasteiger partial charge in [-0.25, -0.2) is 9.97 Å². The zero-order chi connectivity index (χ0) is 14.4. The normalized spacial score (nSPS) is 10.6. The fourth-order valence-electron chi connectivity index (χ4n) is 1.71. The van der Waals surface area contributed by atoms with Crippen molar-refractivity contribution in [3.8, 4) is 11.4 Å². The summed E-state index contributed by atoms with van der Waals surface area (Å²) in [4.78, 5) is 13.3. The van der Waals surface area contributed by atoms with E-state index in [1.165, 1.54) is 0 Å². The van der Waals surface area contributed by atoms with Crippen LogP contribution in [0.15, 0.2) is 24.5 Å². The summed E-state index contributed by atoms with van der Waals surface area (Å²) in [5, 5.41) is 3.34. The van der Waals surface area contributed by atoms with Gasteiger partial charge in [0.15, 0.2) is 5.82 Å². The number of nitrogens with zero attached hydrogens (tertiary/aromatic N) is 3. The summed E-state index contributed by atoms with van der Waals surface area (Å²) in [5.74, 6) is 1.53. The number of pyridine rings is 1. The molecule has 0 atom stereocenters. The van der Waals surface area contributed by atoms with Crippen molar-refractivity contribution in [3.63, 3.8) is 0 Å². The first-order chi connectivity index (χ1) is 9.76. The molecule has 1 N–H and O–H groups in total. The van der Waals surface area contributed by atoms with Crippen LogP contribution in [0.2, 0.25) is 0 Å². The molecule has 0 amide bonds. The average Bonchev–Trinajstić information content (AvgIpc) is 2.49. The van der Waals surface area contributed by atoms with E-state index in [-0.39, 0.29) is 0 Å². The SMILES string of the molecule is CCCNc1nc(-c2cccnc2)nc(COC)c1I. The summed E-state index contributed by atoms with van der Waals surface area (Å²) >= 11 is 2.26. The molecule has 2 heterocycles. The highest BCUT2D eigenvalue weighted by atomic mass is 127. The van der Waals surface area contributed by atoms with E-state index in [4.69, 9.17) is 4.74 Å². The molecule has 0 aromatic carbocycles. The van der Waals surface area contributed by atoms with Gasteiger partial charge in [0.25, 0.3) is 0 Å². The van der Waals surface area contributed by atoms with E-state index in [1.54, 1.807) is 19.5 Å². The zero-order valence-electron chi connectivity index (χ0n) is 11.6. The molecule has 0 bridgehead atoms. The van der Waals surface area contributed by atoms with Gasteiger partial charge in [-0.2, -0.15) is 0 Å². The molecule has 2 rings (SSSR count). The number of aromatic nitrogens is 3. The second kappa shape index (κ2) is 7.49. The standard InChI is InChI=1S/C14H17IN4O/c1-3-6-17-14-12(15)11(9-20-2)18-13(19-14)10-5-4-7-16-8-10/h4-5,7-8H,3,6,9H2,1-2H3,(H,17,18,19). The molecular formula is C14H17IN4O. The van der Waals surface area contributed by atoms with Crippen LogP contribution in [0.1, 0.15) is 19.0 Å². The number of hydrogen-bond donors (Lipinski definition) is 1. The monoisotopic (exact) mass is 384 g/mol. The lowest BCUT2D eigenvalue weighted by atomic mass is 10.2. The number of nitrogens with one attached hydrogen (secondary N) is 1. The van der Waals surface area contributed by atoms with Gasteiger partial charge in [-0.05, 0) is 41.1 Å². The first-order valence-corrected chi connectivity index (χ1v) is 7.53. The molecule has 0 unspecified atom stereocenters. The molecule has 6 heteroatoms. The van der Waals surface area contributed by atoms with Crippen LogP contribution in [0.25, 0.3) is 11.4 Å². The van der Waals surface area contributed by atoms with Gasteiger partial charge >= 0.3 is 0 Å². The van der Waals surface area contributed by atoms with E-state index in [9.17, 15) is 0 Å². The minimum atomic E-state index is 0.467. The summed E-state index contributed by atoms with van der Waals surface area (Å²) in [6.45, 7) is 3.47. The number of anilines is 1. The van der Waals surface area contributed by atoms with E-state index < -0.39 is 0 Å². The van der Waals surface area contributed by atoms with Gasteiger partial charge in [0.2, 0.25) is 0 Å². The smallest absolute Gasteiger partial charge is 0.163 e. The molecule has 2 aromatic heterocycles. The van der Waals surface area contributed by atoms with E-state index in [1.807, 2.05) is 12.1 Å². The van der Waals surface area contributed by atoms with Gasteiger partial charge in [-0.15, -0.1) is 0 Å². The molecule has 0 saturated carbocycles. The lowest BCUT2D eigenvalue weighted by molar-refractivity contribution is 0.181. The van der Waals surface area contributed by atoms with Crippen LogP contribution in [-0.2, 0) is 11.3 Å². The first-order valence-electron chi connectivity index (χ1n) is 6.45. The van der Waals surface area contributed by atoms with Gasteiger partial charge in [-0.1, -0.05) is 6.92 Å². The molecule has 106 valence electrons. The van der Waals surface area contributed by atoms with E-state index in [2.05, 4.69) is 49.8 Å². The Kier molecular flexibility index (Phi) is 5.66. The lowest BCUT2D eigenvalue weighted by Crippen LogP contribution is -2.09. The van der Waals surface area contributed by atoms with Crippen LogP contribution >= 0.6 is 22.6 Å². The molecule has 0 fully saturated rings. The third-order valence-corrected chi connectivity index (χ3v) is 3.80. The van der Waals surface area contributed by atoms with Crippen molar-refractivity contribution in [2.24, 2.45) is 0 Å². The summed E-state index contributed by atoms with van der Waals surface area (Å²) in [6.07, 6.45) is 4.55. The number of ether oxygens (including phenoxy) is 1. The number of halogens is 1. The summed E-state index contributed by atoms with van der Waals surface area (Å²) < 4.78 is 6.23. The largest absolute Gasteiger partial charge is 0.378 e. The average molecular weight is 384 g/mol. The second-order valence-electron chi connectivity index (χ2n) is 4.26. The Hall–Kier alpha value is -1.28. The highest BCUT2D eigenvalue weighted by Crippen LogP contribution is 2.24. The quantitative estimate of drug-likeness (QED) is 0.776. The molecule has 5 nitrogen and oxygen atoms in total. The minimum Gasteiger partial charge on any atom is -0.378 e. The number of methoxy groups -OCH3 is 1. The van der Waals surface area contributed by atoms with Crippen molar-refractivity contribution in [2.45, 2.75) is 20.0 Å². The topological polar surface area (TPSA) is 59.9 Å². The molecular weight excluding hydrogens is 367 g/mol.